The van der Waals surface area contributed by atoms with E-state index in [-0.39, 0.29) is 25.7 Å². The van der Waals surface area contributed by atoms with Gasteiger partial charge < -0.3 is 16.1 Å². The predicted molar refractivity (Wildman–Crippen MR) is 176 cm³/mol. The monoisotopic (exact) mass is 586 g/mol. The van der Waals surface area contributed by atoms with E-state index in [2.05, 4.69) is 31.1 Å². The van der Waals surface area contributed by atoms with Crippen LogP contribution >= 0.6 is 0 Å². The summed E-state index contributed by atoms with van der Waals surface area (Å²) < 4.78 is 0. The van der Waals surface area contributed by atoms with Crippen molar-refractivity contribution >= 4 is 11.5 Å². The third-order valence-corrected chi connectivity index (χ3v) is 13.0. The summed E-state index contributed by atoms with van der Waals surface area (Å²) in [6.45, 7) is 4.61. The molecular formula is C38H54N2O3. The van der Waals surface area contributed by atoms with E-state index in [9.17, 15) is 15.0 Å². The van der Waals surface area contributed by atoms with Crippen molar-refractivity contribution in [1.82, 2.24) is 0 Å². The van der Waals surface area contributed by atoms with Crippen molar-refractivity contribution < 1.29 is 15.0 Å². The highest BCUT2D eigenvalue weighted by Gasteiger charge is 2.55. The van der Waals surface area contributed by atoms with Crippen molar-refractivity contribution in [3.05, 3.63) is 58.7 Å². The predicted octanol–water partition coefficient (Wildman–Crippen LogP) is 8.65. The Hall–Kier alpha value is -2.82. The van der Waals surface area contributed by atoms with Crippen molar-refractivity contribution in [3.8, 4) is 11.5 Å². The normalized spacial score (nSPS) is 37.5. The Labute approximate surface area is 259 Å². The van der Waals surface area contributed by atoms with Gasteiger partial charge in [0.15, 0.2) is 0 Å². The molecule has 8 atom stereocenters. The molecular weight excluding hydrogens is 532 g/mol. The average Bonchev–Trinajstić information content (AvgIpc) is 3.48. The SMILES string of the molecule is C.C.C[C@]12CCC3c4ccc(O)cc4CCC3C1CC/C2=N\N.C[C@]12CCC3c4ccc(O)cc4CCC3C1CCC2=O. The highest BCUT2D eigenvalue weighted by atomic mass is 16.3. The number of carbonyl (C=O) groups is 1. The van der Waals surface area contributed by atoms with Gasteiger partial charge in [0.2, 0.25) is 0 Å². The lowest BCUT2D eigenvalue weighted by Crippen LogP contribution is -2.42. The number of hydrogen-bond donors (Lipinski definition) is 3. The molecule has 6 aliphatic carbocycles. The van der Waals surface area contributed by atoms with Gasteiger partial charge in [-0.05, 0) is 153 Å². The quantitative estimate of drug-likeness (QED) is 0.213. The van der Waals surface area contributed by atoms with E-state index in [4.69, 9.17) is 5.84 Å². The average molecular weight is 587 g/mol. The van der Waals surface area contributed by atoms with Gasteiger partial charge in [0, 0.05) is 23.0 Å². The summed E-state index contributed by atoms with van der Waals surface area (Å²) in [6.07, 6.45) is 13.5. The van der Waals surface area contributed by atoms with Crippen LogP contribution < -0.4 is 5.84 Å². The highest BCUT2D eigenvalue weighted by Crippen LogP contribution is 2.61. The van der Waals surface area contributed by atoms with Gasteiger partial charge >= 0.3 is 0 Å². The molecule has 2 aromatic carbocycles. The minimum Gasteiger partial charge on any atom is -0.508 e. The van der Waals surface area contributed by atoms with E-state index < -0.39 is 0 Å². The van der Waals surface area contributed by atoms with Gasteiger partial charge in [-0.25, -0.2) is 0 Å². The fraction of sp³-hybridized carbons (Fsp3) is 0.632. The van der Waals surface area contributed by atoms with E-state index >= 15 is 0 Å². The summed E-state index contributed by atoms with van der Waals surface area (Å²) >= 11 is 0. The summed E-state index contributed by atoms with van der Waals surface area (Å²) in [7, 11) is 0. The van der Waals surface area contributed by atoms with Crippen LogP contribution in [-0.4, -0.2) is 21.7 Å². The maximum Gasteiger partial charge on any atom is 0.139 e. The number of phenols is 2. The second kappa shape index (κ2) is 11.6. The van der Waals surface area contributed by atoms with Gasteiger partial charge in [-0.15, -0.1) is 0 Å². The first-order chi connectivity index (χ1) is 19.7. The minimum absolute atomic E-state index is 0. The molecule has 5 nitrogen and oxygen atoms in total. The minimum atomic E-state index is -0.0322. The van der Waals surface area contributed by atoms with Crippen molar-refractivity contribution in [1.29, 1.82) is 0 Å². The maximum atomic E-state index is 12.3. The maximum absolute atomic E-state index is 12.3. The molecule has 0 aliphatic heterocycles. The molecule has 0 radical (unpaired) electrons. The second-order valence-electron chi connectivity index (χ2n) is 14.6. The van der Waals surface area contributed by atoms with E-state index in [1.165, 1.54) is 60.1 Å². The zero-order valence-electron chi connectivity index (χ0n) is 24.7. The fourth-order valence-electron chi connectivity index (χ4n) is 10.9. The molecule has 43 heavy (non-hydrogen) atoms. The number of phenolic OH excluding ortho intramolecular Hbond substituents is 2. The number of ketones is 1. The lowest BCUT2D eigenvalue weighted by atomic mass is 9.55. The van der Waals surface area contributed by atoms with Crippen LogP contribution in [0, 0.1) is 34.5 Å². The van der Waals surface area contributed by atoms with Gasteiger partial charge in [-0.2, -0.15) is 5.10 Å². The number of nitrogens with zero attached hydrogens (tertiary/aromatic N) is 1. The van der Waals surface area contributed by atoms with Crippen LogP contribution in [-0.2, 0) is 17.6 Å². The molecule has 234 valence electrons. The summed E-state index contributed by atoms with van der Waals surface area (Å²) in [6, 6.07) is 11.9. The number of fused-ring (bicyclic) bond motifs is 10. The highest BCUT2D eigenvalue weighted by molar-refractivity contribution is 5.92. The van der Waals surface area contributed by atoms with Gasteiger partial charge in [-0.1, -0.05) is 40.8 Å². The molecule has 6 unspecified atom stereocenters. The van der Waals surface area contributed by atoms with Crippen LogP contribution in [0.25, 0.3) is 0 Å². The van der Waals surface area contributed by atoms with Crippen LogP contribution in [0.1, 0.15) is 127 Å². The molecule has 8 rings (SSSR count). The van der Waals surface area contributed by atoms with Crippen LogP contribution in [0.2, 0.25) is 0 Å². The number of hydrogen-bond acceptors (Lipinski definition) is 5. The van der Waals surface area contributed by atoms with Crippen molar-refractivity contribution in [2.24, 2.45) is 45.4 Å². The molecule has 4 N–H and O–H groups in total. The Morgan fingerprint density at radius 2 is 1.19 bits per heavy atom. The van der Waals surface area contributed by atoms with Gasteiger partial charge in [0.05, 0.1) is 0 Å². The molecule has 0 spiro atoms. The topological polar surface area (TPSA) is 95.9 Å². The smallest absolute Gasteiger partial charge is 0.139 e. The summed E-state index contributed by atoms with van der Waals surface area (Å²) in [5.74, 6) is 11.0. The molecule has 4 saturated carbocycles. The Kier molecular flexibility index (Phi) is 8.52. The number of aryl methyl sites for hydroxylation is 2. The third kappa shape index (κ3) is 4.90. The van der Waals surface area contributed by atoms with E-state index in [0.717, 1.165) is 56.8 Å². The standard InChI is InChI=1S/C18H24N2O.C18H22O2.2CH4/c1-18-9-8-14-13-5-3-12(21)10-11(13)2-4-15(14)16(18)6-7-17(18)20-19;1-18-9-8-14-13-5-3-12(19)10-11(13)2-4-15(14)16(18)6-7-17(18)20;;/h3,5,10,14-16,21H,2,4,6-9,19H2,1H3;3,5,10,14-16,19H,2,4,6-9H2,1H3;2*1H4/b20-17+;;;/t2*14?,15?,16?,18-;;/m00../s1. The third-order valence-electron chi connectivity index (χ3n) is 13.0. The molecule has 0 heterocycles. The first-order valence-electron chi connectivity index (χ1n) is 16.2. The lowest BCUT2D eigenvalue weighted by molar-refractivity contribution is -0.129. The second-order valence-corrected chi connectivity index (χ2v) is 14.6. The molecule has 0 bridgehead atoms. The van der Waals surface area contributed by atoms with E-state index in [0.29, 0.717) is 41.0 Å². The van der Waals surface area contributed by atoms with Gasteiger partial charge in [0.25, 0.3) is 0 Å². The van der Waals surface area contributed by atoms with E-state index in [1.54, 1.807) is 0 Å². The first-order valence-corrected chi connectivity index (χ1v) is 16.2. The van der Waals surface area contributed by atoms with Crippen LogP contribution in [0.15, 0.2) is 41.5 Å². The number of benzene rings is 2. The lowest BCUT2D eigenvalue weighted by Gasteiger charge is -2.49. The van der Waals surface area contributed by atoms with E-state index in [1.807, 2.05) is 24.3 Å². The van der Waals surface area contributed by atoms with Gasteiger partial charge in [0.1, 0.15) is 17.3 Å². The van der Waals surface area contributed by atoms with Crippen LogP contribution in [0.4, 0.5) is 0 Å². The fourth-order valence-corrected chi connectivity index (χ4v) is 10.9. The number of carbonyl (C=O) groups excluding carboxylic acids is 1. The Morgan fingerprint density at radius 3 is 1.72 bits per heavy atom. The number of rotatable bonds is 0. The van der Waals surface area contributed by atoms with Crippen molar-refractivity contribution in [3.63, 3.8) is 0 Å². The van der Waals surface area contributed by atoms with Crippen LogP contribution in [0.3, 0.4) is 0 Å². The van der Waals surface area contributed by atoms with Gasteiger partial charge in [-0.3, -0.25) is 4.79 Å². The first kappa shape index (κ1) is 31.6. The molecule has 5 heteroatoms. The Morgan fingerprint density at radius 1 is 0.698 bits per heavy atom. The molecule has 0 aromatic heterocycles. The summed E-state index contributed by atoms with van der Waals surface area (Å²) in [5, 5.41) is 23.5. The molecule has 0 saturated heterocycles. The number of hydrazone groups is 1. The van der Waals surface area contributed by atoms with Crippen LogP contribution in [0.5, 0.6) is 11.5 Å². The molecule has 0 amide bonds. The molecule has 6 aliphatic rings. The largest absolute Gasteiger partial charge is 0.508 e. The summed E-state index contributed by atoms with van der Waals surface area (Å²) in [5.41, 5.74) is 7.09. The zero-order chi connectivity index (χ0) is 28.5. The molecule has 2 aromatic rings. The zero-order valence-corrected chi connectivity index (χ0v) is 24.7. The number of aromatic hydroxyl groups is 2. The number of Topliss-reactive ketones (excluding diaryl/α,β-unsaturated/α-hetero) is 1. The Balaban J connectivity index is 0.000000164. The molecule has 4 fully saturated rings. The summed E-state index contributed by atoms with van der Waals surface area (Å²) in [4.78, 5) is 12.3. The Bertz CT molecular complexity index is 1400. The number of nitrogens with two attached hydrogens (primary N) is 1. The van der Waals surface area contributed by atoms with Crippen molar-refractivity contribution in [2.45, 2.75) is 118 Å². The van der Waals surface area contributed by atoms with Crippen molar-refractivity contribution in [2.75, 3.05) is 0 Å².